The van der Waals surface area contributed by atoms with Crippen LogP contribution in [-0.2, 0) is 0 Å². The van der Waals surface area contributed by atoms with Crippen molar-refractivity contribution >= 4 is 5.82 Å². The molecule has 1 atom stereocenters. The van der Waals surface area contributed by atoms with E-state index < -0.39 is 0 Å². The van der Waals surface area contributed by atoms with Gasteiger partial charge in [-0.15, -0.1) is 0 Å². The van der Waals surface area contributed by atoms with Crippen molar-refractivity contribution in [2.75, 3.05) is 25.0 Å². The van der Waals surface area contributed by atoms with E-state index in [9.17, 15) is 0 Å². The number of hydrogen-bond donors (Lipinski definition) is 1. The summed E-state index contributed by atoms with van der Waals surface area (Å²) in [6, 6.07) is 7.00. The molecule has 2 rings (SSSR count). The van der Waals surface area contributed by atoms with Crippen molar-refractivity contribution in [3.8, 4) is 0 Å². The predicted molar refractivity (Wildman–Crippen MR) is 74.7 cm³/mol. The molecule has 0 spiro atoms. The van der Waals surface area contributed by atoms with Crippen LogP contribution in [0.1, 0.15) is 39.7 Å². The van der Waals surface area contributed by atoms with E-state index in [1.165, 1.54) is 18.5 Å². The number of nitrogens with zero attached hydrogens (tertiary/aromatic N) is 2. The molecule has 2 heterocycles. The third-order valence-corrected chi connectivity index (χ3v) is 3.46. The van der Waals surface area contributed by atoms with E-state index in [0.29, 0.717) is 12.0 Å². The largest absolute Gasteiger partial charge is 0.352 e. The molecule has 1 aliphatic heterocycles. The summed E-state index contributed by atoms with van der Waals surface area (Å²) in [7, 11) is 2.02. The van der Waals surface area contributed by atoms with Crippen LogP contribution in [0.5, 0.6) is 0 Å². The predicted octanol–water partition coefficient (Wildman–Crippen LogP) is 2.64. The number of likely N-dealkylation sites (N-methyl/N-ethyl adjacent to an activating group) is 1. The van der Waals surface area contributed by atoms with Crippen LogP contribution in [0, 0.1) is 0 Å². The quantitative estimate of drug-likeness (QED) is 0.869. The fourth-order valence-electron chi connectivity index (χ4n) is 2.51. The smallest absolute Gasteiger partial charge is 0.129 e. The van der Waals surface area contributed by atoms with Crippen LogP contribution in [0.2, 0.25) is 0 Å². The van der Waals surface area contributed by atoms with Crippen molar-refractivity contribution in [1.29, 1.82) is 0 Å². The van der Waals surface area contributed by atoms with Crippen molar-refractivity contribution in [3.05, 3.63) is 23.9 Å². The van der Waals surface area contributed by atoms with Crippen LogP contribution in [0.15, 0.2) is 18.2 Å². The molecule has 0 saturated carbocycles. The maximum absolute atomic E-state index is 4.78. The maximum Gasteiger partial charge on any atom is 0.129 e. The molecule has 0 amide bonds. The molecule has 0 unspecified atom stereocenters. The Labute approximate surface area is 106 Å². The van der Waals surface area contributed by atoms with Gasteiger partial charge in [0.1, 0.15) is 5.82 Å². The molecule has 17 heavy (non-hydrogen) atoms. The zero-order valence-electron chi connectivity index (χ0n) is 11.1. The van der Waals surface area contributed by atoms with Crippen LogP contribution >= 0.6 is 0 Å². The molecule has 1 aromatic heterocycles. The van der Waals surface area contributed by atoms with Gasteiger partial charge in [0.05, 0.1) is 0 Å². The third-order valence-electron chi connectivity index (χ3n) is 3.46. The second kappa shape index (κ2) is 5.50. The molecule has 0 bridgehead atoms. The average molecular weight is 235 g/mol. The van der Waals surface area contributed by atoms with Gasteiger partial charge in [0, 0.05) is 26.3 Å². The Morgan fingerprint density at radius 2 is 2.35 bits per heavy atom. The minimum absolute atomic E-state index is 0. The SMILES string of the molecule is CNC[C@@H]1CCCN1c1cccc(C(C)C)n1.[HH]. The maximum atomic E-state index is 4.78. The molecular formula is C14H25N3. The molecule has 3 heteroatoms. The van der Waals surface area contributed by atoms with Gasteiger partial charge >= 0.3 is 0 Å². The van der Waals surface area contributed by atoms with Crippen molar-refractivity contribution in [1.82, 2.24) is 10.3 Å². The van der Waals surface area contributed by atoms with Gasteiger partial charge in [0.15, 0.2) is 0 Å². The van der Waals surface area contributed by atoms with E-state index >= 15 is 0 Å². The zero-order valence-corrected chi connectivity index (χ0v) is 11.1. The molecule has 96 valence electrons. The molecule has 0 radical (unpaired) electrons. The van der Waals surface area contributed by atoms with E-state index in [2.05, 4.69) is 42.3 Å². The highest BCUT2D eigenvalue weighted by Crippen LogP contribution is 2.25. The Morgan fingerprint density at radius 3 is 3.06 bits per heavy atom. The third kappa shape index (κ3) is 2.78. The van der Waals surface area contributed by atoms with E-state index in [-0.39, 0.29) is 1.43 Å². The first-order chi connectivity index (χ1) is 8.22. The van der Waals surface area contributed by atoms with Crippen LogP contribution < -0.4 is 10.2 Å². The Balaban J connectivity index is 0.00000162. The monoisotopic (exact) mass is 235 g/mol. The van der Waals surface area contributed by atoms with Gasteiger partial charge in [-0.2, -0.15) is 0 Å². The van der Waals surface area contributed by atoms with Crippen LogP contribution in [0.4, 0.5) is 5.82 Å². The molecule has 1 aromatic rings. The molecule has 1 aliphatic rings. The standard InChI is InChI=1S/C14H23N3.H2/c1-11(2)13-7-4-8-14(16-13)17-9-5-6-12(17)10-15-3;/h4,7-8,11-12,15H,5-6,9-10H2,1-3H3;1H/t12-;/m0./s1. The van der Waals surface area contributed by atoms with Gasteiger partial charge in [0.25, 0.3) is 0 Å². The second-order valence-electron chi connectivity index (χ2n) is 5.12. The van der Waals surface area contributed by atoms with Crippen molar-refractivity contribution < 1.29 is 1.43 Å². The highest BCUT2D eigenvalue weighted by Gasteiger charge is 2.24. The normalized spacial score (nSPS) is 20.2. The van der Waals surface area contributed by atoms with Crippen LogP contribution in [0.3, 0.4) is 0 Å². The van der Waals surface area contributed by atoms with Gasteiger partial charge in [-0.25, -0.2) is 4.98 Å². The molecule has 3 nitrogen and oxygen atoms in total. The van der Waals surface area contributed by atoms with Crippen LogP contribution in [-0.4, -0.2) is 31.2 Å². The van der Waals surface area contributed by atoms with Gasteiger partial charge in [-0.3, -0.25) is 0 Å². The summed E-state index contributed by atoms with van der Waals surface area (Å²) in [5.74, 6) is 1.65. The molecule has 1 fully saturated rings. The summed E-state index contributed by atoms with van der Waals surface area (Å²) in [6.07, 6.45) is 2.55. The highest BCUT2D eigenvalue weighted by atomic mass is 15.2. The lowest BCUT2D eigenvalue weighted by Crippen LogP contribution is -2.37. The minimum atomic E-state index is 0. The molecule has 1 N–H and O–H groups in total. The molecule has 1 saturated heterocycles. The second-order valence-corrected chi connectivity index (χ2v) is 5.12. The van der Waals surface area contributed by atoms with Gasteiger partial charge in [-0.05, 0) is 37.9 Å². The Hall–Kier alpha value is -1.09. The summed E-state index contributed by atoms with van der Waals surface area (Å²) in [5.41, 5.74) is 1.19. The number of rotatable bonds is 4. The van der Waals surface area contributed by atoms with Crippen molar-refractivity contribution in [2.45, 2.75) is 38.6 Å². The summed E-state index contributed by atoms with van der Waals surface area (Å²) < 4.78 is 0. The van der Waals surface area contributed by atoms with Gasteiger partial charge in [0.2, 0.25) is 0 Å². The van der Waals surface area contributed by atoms with E-state index in [4.69, 9.17) is 4.98 Å². The lowest BCUT2D eigenvalue weighted by atomic mass is 10.1. The van der Waals surface area contributed by atoms with E-state index in [1.807, 2.05) is 7.05 Å². The first-order valence-corrected chi connectivity index (χ1v) is 6.60. The summed E-state index contributed by atoms with van der Waals surface area (Å²) >= 11 is 0. The first-order valence-electron chi connectivity index (χ1n) is 6.60. The van der Waals surface area contributed by atoms with Crippen molar-refractivity contribution in [2.24, 2.45) is 0 Å². The number of nitrogens with one attached hydrogen (secondary N) is 1. The lowest BCUT2D eigenvalue weighted by molar-refractivity contribution is 0.610. The first kappa shape index (κ1) is 12.4. The van der Waals surface area contributed by atoms with Crippen molar-refractivity contribution in [3.63, 3.8) is 0 Å². The highest BCUT2D eigenvalue weighted by molar-refractivity contribution is 5.42. The Kier molecular flexibility index (Phi) is 4.00. The molecule has 0 aromatic carbocycles. The summed E-state index contributed by atoms with van der Waals surface area (Å²) in [5, 5.41) is 3.28. The molecular weight excluding hydrogens is 210 g/mol. The fourth-order valence-corrected chi connectivity index (χ4v) is 2.51. The Morgan fingerprint density at radius 1 is 1.53 bits per heavy atom. The van der Waals surface area contributed by atoms with E-state index in [1.54, 1.807) is 0 Å². The van der Waals surface area contributed by atoms with Gasteiger partial charge in [-0.1, -0.05) is 19.9 Å². The lowest BCUT2D eigenvalue weighted by Gasteiger charge is -2.26. The average Bonchev–Trinajstić information content (AvgIpc) is 2.78. The molecule has 0 aliphatic carbocycles. The topological polar surface area (TPSA) is 28.2 Å². The van der Waals surface area contributed by atoms with Gasteiger partial charge < -0.3 is 10.2 Å². The van der Waals surface area contributed by atoms with E-state index in [0.717, 1.165) is 18.9 Å². The minimum Gasteiger partial charge on any atom is -0.352 e. The zero-order chi connectivity index (χ0) is 12.3. The number of pyridine rings is 1. The Bertz CT molecular complexity index is 368. The summed E-state index contributed by atoms with van der Waals surface area (Å²) in [4.78, 5) is 7.23. The number of anilines is 1. The van der Waals surface area contributed by atoms with Crippen LogP contribution in [0.25, 0.3) is 0 Å². The number of aromatic nitrogens is 1. The fraction of sp³-hybridized carbons (Fsp3) is 0.643. The summed E-state index contributed by atoms with van der Waals surface area (Å²) in [6.45, 7) is 6.58. The number of hydrogen-bond acceptors (Lipinski definition) is 3.